The van der Waals surface area contributed by atoms with Crippen molar-refractivity contribution in [3.05, 3.63) is 0 Å². The van der Waals surface area contributed by atoms with Crippen LogP contribution in [-0.4, -0.2) is 60.9 Å². The van der Waals surface area contributed by atoms with Crippen LogP contribution in [0.4, 0.5) is 0 Å². The molecule has 3 fully saturated rings. The molecule has 0 bridgehead atoms. The molecule has 0 unspecified atom stereocenters. The van der Waals surface area contributed by atoms with Crippen molar-refractivity contribution in [1.29, 1.82) is 0 Å². The summed E-state index contributed by atoms with van der Waals surface area (Å²) in [5, 5.41) is 3.45. The maximum absolute atomic E-state index is 12.5. The van der Waals surface area contributed by atoms with E-state index in [-0.39, 0.29) is 11.8 Å². The Balaban J connectivity index is 1.49. The first-order valence-electron chi connectivity index (χ1n) is 8.95. The van der Waals surface area contributed by atoms with Gasteiger partial charge in [-0.3, -0.25) is 9.59 Å². The predicted octanol–water partition coefficient (Wildman–Crippen LogP) is 1.38. The molecule has 0 aromatic heterocycles. The lowest BCUT2D eigenvalue weighted by molar-refractivity contribution is -0.136. The highest BCUT2D eigenvalue weighted by Gasteiger charge is 2.39. The van der Waals surface area contributed by atoms with E-state index >= 15 is 0 Å². The summed E-state index contributed by atoms with van der Waals surface area (Å²) in [6.45, 7) is 5.40. The number of hydrogen-bond donors (Lipinski definition) is 1. The van der Waals surface area contributed by atoms with Crippen molar-refractivity contribution in [3.8, 4) is 0 Å². The summed E-state index contributed by atoms with van der Waals surface area (Å²) < 4.78 is 0. The van der Waals surface area contributed by atoms with Gasteiger partial charge in [-0.2, -0.15) is 0 Å². The van der Waals surface area contributed by atoms with E-state index in [4.69, 9.17) is 0 Å². The van der Waals surface area contributed by atoms with Crippen molar-refractivity contribution in [2.45, 2.75) is 51.4 Å². The number of carbonyl (C=O) groups is 2. The molecule has 2 amide bonds. The van der Waals surface area contributed by atoms with Gasteiger partial charge in [0.1, 0.15) is 0 Å². The normalized spacial score (nSPS) is 29.9. The Bertz CT molecular complexity index is 418. The number of carbonyl (C=O) groups excluding carboxylic acids is 2. The number of likely N-dealkylation sites (tertiary alicyclic amines) is 2. The molecule has 3 saturated heterocycles. The summed E-state index contributed by atoms with van der Waals surface area (Å²) in [7, 11) is 0. The van der Waals surface area contributed by atoms with Crippen molar-refractivity contribution in [2.24, 2.45) is 5.41 Å². The molecule has 0 aromatic carbocycles. The van der Waals surface area contributed by atoms with Gasteiger partial charge >= 0.3 is 0 Å². The van der Waals surface area contributed by atoms with Crippen LogP contribution < -0.4 is 5.32 Å². The van der Waals surface area contributed by atoms with Crippen LogP contribution in [0.25, 0.3) is 0 Å². The van der Waals surface area contributed by atoms with Gasteiger partial charge < -0.3 is 15.1 Å². The number of nitrogens with zero attached hydrogens (tertiary/aromatic N) is 2. The van der Waals surface area contributed by atoms with E-state index in [1.54, 1.807) is 0 Å². The first-order chi connectivity index (χ1) is 10.7. The number of piperidine rings is 1. The molecule has 1 atom stereocenters. The SMILES string of the molecule is O=C1CCCCCN1CCC(=O)N1CCC[C@]2(CCNC2)C1. The average Bonchev–Trinajstić information content (AvgIpc) is 2.86. The largest absolute Gasteiger partial charge is 0.342 e. The van der Waals surface area contributed by atoms with E-state index < -0.39 is 0 Å². The Morgan fingerprint density at radius 3 is 2.86 bits per heavy atom. The summed E-state index contributed by atoms with van der Waals surface area (Å²) in [5.41, 5.74) is 0.326. The molecule has 3 aliphatic rings. The lowest BCUT2D eigenvalue weighted by Gasteiger charge is -2.40. The van der Waals surface area contributed by atoms with Crippen LogP contribution in [0.1, 0.15) is 51.4 Å². The maximum Gasteiger partial charge on any atom is 0.224 e. The van der Waals surface area contributed by atoms with E-state index in [2.05, 4.69) is 10.2 Å². The second kappa shape index (κ2) is 6.99. The minimum Gasteiger partial charge on any atom is -0.342 e. The zero-order chi connectivity index (χ0) is 15.4. The molecule has 0 saturated carbocycles. The summed E-state index contributed by atoms with van der Waals surface area (Å²) >= 11 is 0. The summed E-state index contributed by atoms with van der Waals surface area (Å²) in [5.74, 6) is 0.475. The average molecular weight is 307 g/mol. The number of hydrogen-bond acceptors (Lipinski definition) is 3. The topological polar surface area (TPSA) is 52.7 Å². The second-order valence-electron chi connectivity index (χ2n) is 7.29. The van der Waals surface area contributed by atoms with Crippen LogP contribution in [0.5, 0.6) is 0 Å². The summed E-state index contributed by atoms with van der Waals surface area (Å²) in [6, 6.07) is 0. The van der Waals surface area contributed by atoms with Crippen molar-refractivity contribution in [1.82, 2.24) is 15.1 Å². The van der Waals surface area contributed by atoms with E-state index in [1.165, 1.54) is 12.8 Å². The molecule has 3 rings (SSSR count). The first-order valence-corrected chi connectivity index (χ1v) is 8.95. The van der Waals surface area contributed by atoms with Crippen LogP contribution in [0.3, 0.4) is 0 Å². The smallest absolute Gasteiger partial charge is 0.224 e. The van der Waals surface area contributed by atoms with Gasteiger partial charge in [0, 0.05) is 51.0 Å². The van der Waals surface area contributed by atoms with Gasteiger partial charge in [0.25, 0.3) is 0 Å². The maximum atomic E-state index is 12.5. The van der Waals surface area contributed by atoms with Crippen molar-refractivity contribution >= 4 is 11.8 Å². The van der Waals surface area contributed by atoms with E-state index in [1.807, 2.05) is 4.90 Å². The fourth-order valence-electron chi connectivity index (χ4n) is 4.23. The van der Waals surface area contributed by atoms with Gasteiger partial charge in [-0.25, -0.2) is 0 Å². The molecule has 22 heavy (non-hydrogen) atoms. The Kier molecular flexibility index (Phi) is 5.01. The molecule has 0 aliphatic carbocycles. The summed E-state index contributed by atoms with van der Waals surface area (Å²) in [4.78, 5) is 28.5. The minimum atomic E-state index is 0.236. The molecule has 124 valence electrons. The Hall–Kier alpha value is -1.10. The van der Waals surface area contributed by atoms with Gasteiger partial charge in [0.05, 0.1) is 0 Å². The van der Waals surface area contributed by atoms with Gasteiger partial charge in [-0.05, 0) is 38.6 Å². The molecule has 3 heterocycles. The van der Waals surface area contributed by atoms with Gasteiger partial charge in [0.15, 0.2) is 0 Å². The second-order valence-corrected chi connectivity index (χ2v) is 7.29. The monoisotopic (exact) mass is 307 g/mol. The Morgan fingerprint density at radius 2 is 2.05 bits per heavy atom. The Morgan fingerprint density at radius 1 is 1.14 bits per heavy atom. The van der Waals surface area contributed by atoms with Crippen molar-refractivity contribution in [3.63, 3.8) is 0 Å². The van der Waals surface area contributed by atoms with E-state index in [9.17, 15) is 9.59 Å². The molecular formula is C17H29N3O2. The van der Waals surface area contributed by atoms with Gasteiger partial charge in [-0.1, -0.05) is 6.42 Å². The molecule has 5 heteroatoms. The molecule has 0 radical (unpaired) electrons. The van der Waals surface area contributed by atoms with Gasteiger partial charge in [0.2, 0.25) is 11.8 Å². The highest BCUT2D eigenvalue weighted by molar-refractivity contribution is 5.79. The first kappa shape index (κ1) is 15.8. The highest BCUT2D eigenvalue weighted by atomic mass is 16.2. The lowest BCUT2D eigenvalue weighted by atomic mass is 9.79. The summed E-state index contributed by atoms with van der Waals surface area (Å²) in [6.07, 6.45) is 7.94. The third kappa shape index (κ3) is 3.62. The highest BCUT2D eigenvalue weighted by Crippen LogP contribution is 2.35. The number of amides is 2. The molecule has 3 aliphatic heterocycles. The predicted molar refractivity (Wildman–Crippen MR) is 85.4 cm³/mol. The van der Waals surface area contributed by atoms with E-state index in [0.717, 1.165) is 58.4 Å². The number of nitrogens with one attached hydrogen (secondary N) is 1. The minimum absolute atomic E-state index is 0.236. The molecule has 1 N–H and O–H groups in total. The molecular weight excluding hydrogens is 278 g/mol. The van der Waals surface area contributed by atoms with Gasteiger partial charge in [-0.15, -0.1) is 0 Å². The van der Waals surface area contributed by atoms with Crippen LogP contribution in [-0.2, 0) is 9.59 Å². The zero-order valence-electron chi connectivity index (χ0n) is 13.6. The van der Waals surface area contributed by atoms with Crippen LogP contribution >= 0.6 is 0 Å². The van der Waals surface area contributed by atoms with Crippen LogP contribution in [0, 0.1) is 5.41 Å². The molecule has 5 nitrogen and oxygen atoms in total. The quantitative estimate of drug-likeness (QED) is 0.857. The fraction of sp³-hybridized carbons (Fsp3) is 0.882. The zero-order valence-corrected chi connectivity index (χ0v) is 13.6. The van der Waals surface area contributed by atoms with Crippen LogP contribution in [0.15, 0.2) is 0 Å². The van der Waals surface area contributed by atoms with E-state index in [0.29, 0.717) is 24.8 Å². The fourth-order valence-corrected chi connectivity index (χ4v) is 4.23. The van der Waals surface area contributed by atoms with Crippen molar-refractivity contribution in [2.75, 3.05) is 39.3 Å². The number of rotatable bonds is 3. The molecule has 0 aromatic rings. The van der Waals surface area contributed by atoms with Crippen LogP contribution in [0.2, 0.25) is 0 Å². The Labute approximate surface area is 133 Å². The third-order valence-corrected chi connectivity index (χ3v) is 5.61. The molecule has 1 spiro atoms. The standard InChI is InChI=1S/C17H29N3O2/c21-15-5-2-1-3-10-19(15)12-6-16(22)20-11-4-7-17(14-20)8-9-18-13-17/h18H,1-14H2/t17-/m1/s1. The lowest BCUT2D eigenvalue weighted by Crippen LogP contribution is -2.47. The third-order valence-electron chi connectivity index (χ3n) is 5.61. The van der Waals surface area contributed by atoms with Crippen molar-refractivity contribution < 1.29 is 9.59 Å².